The summed E-state index contributed by atoms with van der Waals surface area (Å²) < 4.78 is 0. The summed E-state index contributed by atoms with van der Waals surface area (Å²) in [6.45, 7) is 7.21. The van der Waals surface area contributed by atoms with Gasteiger partial charge in [-0.05, 0) is 44.2 Å². The van der Waals surface area contributed by atoms with Crippen LogP contribution >= 0.6 is 0 Å². The minimum atomic E-state index is -0.0206. The predicted octanol–water partition coefficient (Wildman–Crippen LogP) is 3.46. The molecule has 1 aliphatic carbocycles. The van der Waals surface area contributed by atoms with E-state index in [1.165, 1.54) is 5.56 Å². The second-order valence-electron chi connectivity index (χ2n) is 7.64. The number of hydrogen-bond donors (Lipinski definition) is 3. The van der Waals surface area contributed by atoms with E-state index in [2.05, 4.69) is 55.7 Å². The van der Waals surface area contributed by atoms with Gasteiger partial charge >= 0.3 is 0 Å². The van der Waals surface area contributed by atoms with Crippen molar-refractivity contribution in [2.75, 3.05) is 11.9 Å². The highest BCUT2D eigenvalue weighted by molar-refractivity contribution is 5.79. The number of carbonyl (C=O) groups is 1. The van der Waals surface area contributed by atoms with Crippen molar-refractivity contribution < 1.29 is 4.79 Å². The summed E-state index contributed by atoms with van der Waals surface area (Å²) in [7, 11) is 0. The van der Waals surface area contributed by atoms with Gasteiger partial charge in [-0.25, -0.2) is 0 Å². The van der Waals surface area contributed by atoms with Crippen LogP contribution in [-0.2, 0) is 4.79 Å². The molecule has 1 amide bonds. The van der Waals surface area contributed by atoms with Gasteiger partial charge in [0.15, 0.2) is 0 Å². The van der Waals surface area contributed by atoms with Gasteiger partial charge in [0.05, 0.1) is 5.92 Å². The molecule has 0 spiro atoms. The first-order valence-electron chi connectivity index (χ1n) is 9.32. The Morgan fingerprint density at radius 3 is 2.50 bits per heavy atom. The van der Waals surface area contributed by atoms with E-state index in [0.29, 0.717) is 5.92 Å². The first kappa shape index (κ1) is 18.8. The average molecular weight is 332 g/mol. The first-order valence-corrected chi connectivity index (χ1v) is 9.32. The Morgan fingerprint density at radius 1 is 1.21 bits per heavy atom. The van der Waals surface area contributed by atoms with E-state index >= 15 is 0 Å². The molecule has 0 bridgehead atoms. The molecule has 2 rings (SSSR count). The van der Waals surface area contributed by atoms with Crippen LogP contribution < -0.4 is 16.4 Å². The predicted molar refractivity (Wildman–Crippen MR) is 101 cm³/mol. The molecule has 1 aromatic rings. The number of benzene rings is 1. The minimum Gasteiger partial charge on any atom is -0.383 e. The lowest BCUT2D eigenvalue weighted by atomic mass is 9.84. The van der Waals surface area contributed by atoms with Crippen molar-refractivity contribution in [1.82, 2.24) is 5.32 Å². The van der Waals surface area contributed by atoms with E-state index in [9.17, 15) is 4.79 Å². The minimum absolute atomic E-state index is 0.0171. The van der Waals surface area contributed by atoms with Gasteiger partial charge in [0.2, 0.25) is 5.91 Å². The van der Waals surface area contributed by atoms with Crippen LogP contribution in [0.3, 0.4) is 0 Å². The van der Waals surface area contributed by atoms with Crippen LogP contribution in [0.15, 0.2) is 24.3 Å². The molecule has 1 fully saturated rings. The Hall–Kier alpha value is -1.55. The molecule has 4 heteroatoms. The largest absolute Gasteiger partial charge is 0.383 e. The molecule has 0 saturated heterocycles. The van der Waals surface area contributed by atoms with E-state index in [4.69, 9.17) is 5.73 Å². The summed E-state index contributed by atoms with van der Waals surface area (Å²) in [5.74, 6) is 0.654. The van der Waals surface area contributed by atoms with Crippen molar-refractivity contribution >= 4 is 11.6 Å². The third-order valence-electron chi connectivity index (χ3n) is 4.86. The molecule has 0 aromatic heterocycles. The molecule has 24 heavy (non-hydrogen) atoms. The summed E-state index contributed by atoms with van der Waals surface area (Å²) in [5.41, 5.74) is 8.50. The number of carbonyl (C=O) groups excluding carboxylic acids is 1. The SMILES string of the molecule is Cc1ccc(NC[C@H](CC(C)C)NC(=O)[C@@H]2CCCC[C@@H]2N)cc1. The van der Waals surface area contributed by atoms with Crippen LogP contribution in [0.2, 0.25) is 0 Å². The fourth-order valence-electron chi connectivity index (χ4n) is 3.47. The number of anilines is 1. The Bertz CT molecular complexity index is 512. The Balaban J connectivity index is 1.91. The molecule has 1 aromatic carbocycles. The van der Waals surface area contributed by atoms with Gasteiger partial charge in [0.25, 0.3) is 0 Å². The van der Waals surface area contributed by atoms with Crippen LogP contribution in [0.25, 0.3) is 0 Å². The van der Waals surface area contributed by atoms with E-state index < -0.39 is 0 Å². The number of rotatable bonds is 7. The van der Waals surface area contributed by atoms with Crippen molar-refractivity contribution in [2.24, 2.45) is 17.6 Å². The quantitative estimate of drug-likeness (QED) is 0.717. The fraction of sp³-hybridized carbons (Fsp3) is 0.650. The molecule has 4 N–H and O–H groups in total. The molecule has 4 nitrogen and oxygen atoms in total. The fourth-order valence-corrected chi connectivity index (χ4v) is 3.47. The number of hydrogen-bond acceptors (Lipinski definition) is 3. The monoisotopic (exact) mass is 331 g/mol. The maximum absolute atomic E-state index is 12.6. The zero-order chi connectivity index (χ0) is 17.5. The zero-order valence-electron chi connectivity index (χ0n) is 15.3. The lowest BCUT2D eigenvalue weighted by molar-refractivity contribution is -0.127. The van der Waals surface area contributed by atoms with Crippen LogP contribution in [0.4, 0.5) is 5.69 Å². The maximum Gasteiger partial charge on any atom is 0.224 e. The third kappa shape index (κ3) is 5.82. The Labute approximate surface area is 146 Å². The number of amides is 1. The maximum atomic E-state index is 12.6. The Kier molecular flexibility index (Phi) is 7.10. The van der Waals surface area contributed by atoms with E-state index in [-0.39, 0.29) is 23.9 Å². The smallest absolute Gasteiger partial charge is 0.224 e. The first-order chi connectivity index (χ1) is 11.5. The lowest BCUT2D eigenvalue weighted by Gasteiger charge is -2.30. The van der Waals surface area contributed by atoms with Crippen molar-refractivity contribution in [3.8, 4) is 0 Å². The highest BCUT2D eigenvalue weighted by Gasteiger charge is 2.29. The van der Waals surface area contributed by atoms with E-state index in [0.717, 1.165) is 44.3 Å². The molecule has 1 aliphatic rings. The molecular formula is C20H33N3O. The standard InChI is InChI=1S/C20H33N3O/c1-14(2)12-17(13-22-16-10-8-15(3)9-11-16)23-20(24)18-6-4-5-7-19(18)21/h8-11,14,17-19,22H,4-7,12-13,21H2,1-3H3,(H,23,24)/t17-,18+,19-/m0/s1. The topological polar surface area (TPSA) is 67.1 Å². The molecule has 0 aliphatic heterocycles. The molecule has 134 valence electrons. The van der Waals surface area contributed by atoms with Gasteiger partial charge in [0, 0.05) is 24.3 Å². The molecule has 3 atom stereocenters. The van der Waals surface area contributed by atoms with Gasteiger partial charge in [-0.2, -0.15) is 0 Å². The molecular weight excluding hydrogens is 298 g/mol. The van der Waals surface area contributed by atoms with Crippen molar-refractivity contribution in [2.45, 2.75) is 65.0 Å². The highest BCUT2D eigenvalue weighted by atomic mass is 16.2. The van der Waals surface area contributed by atoms with Crippen LogP contribution in [-0.4, -0.2) is 24.5 Å². The van der Waals surface area contributed by atoms with Gasteiger partial charge in [-0.15, -0.1) is 0 Å². The normalized spacial score (nSPS) is 22.2. The van der Waals surface area contributed by atoms with E-state index in [1.54, 1.807) is 0 Å². The van der Waals surface area contributed by atoms with E-state index in [1.807, 2.05) is 0 Å². The average Bonchev–Trinajstić information content (AvgIpc) is 2.54. The summed E-state index contributed by atoms with van der Waals surface area (Å²) in [6, 6.07) is 8.51. The molecule has 1 saturated carbocycles. The van der Waals surface area contributed by atoms with Crippen LogP contribution in [0, 0.1) is 18.8 Å². The number of aryl methyl sites for hydroxylation is 1. The molecule has 0 unspecified atom stereocenters. The van der Waals surface area contributed by atoms with Crippen molar-refractivity contribution in [3.05, 3.63) is 29.8 Å². The third-order valence-corrected chi connectivity index (χ3v) is 4.86. The second kappa shape index (κ2) is 9.07. The van der Waals surface area contributed by atoms with Gasteiger partial charge in [-0.1, -0.05) is 44.4 Å². The van der Waals surface area contributed by atoms with Gasteiger partial charge in [0.1, 0.15) is 0 Å². The van der Waals surface area contributed by atoms with Crippen LogP contribution in [0.1, 0.15) is 51.5 Å². The Morgan fingerprint density at radius 2 is 1.88 bits per heavy atom. The van der Waals surface area contributed by atoms with Crippen molar-refractivity contribution in [1.29, 1.82) is 0 Å². The highest BCUT2D eigenvalue weighted by Crippen LogP contribution is 2.23. The number of nitrogens with two attached hydrogens (primary N) is 1. The van der Waals surface area contributed by atoms with Gasteiger partial charge in [-0.3, -0.25) is 4.79 Å². The molecule has 0 radical (unpaired) electrons. The zero-order valence-corrected chi connectivity index (χ0v) is 15.3. The summed E-state index contributed by atoms with van der Waals surface area (Å²) in [5, 5.41) is 6.70. The summed E-state index contributed by atoms with van der Waals surface area (Å²) in [4.78, 5) is 12.6. The van der Waals surface area contributed by atoms with Crippen LogP contribution in [0.5, 0.6) is 0 Å². The summed E-state index contributed by atoms with van der Waals surface area (Å²) >= 11 is 0. The lowest BCUT2D eigenvalue weighted by Crippen LogP contribution is -2.49. The van der Waals surface area contributed by atoms with Gasteiger partial charge < -0.3 is 16.4 Å². The second-order valence-corrected chi connectivity index (χ2v) is 7.64. The van der Waals surface area contributed by atoms with Crippen molar-refractivity contribution in [3.63, 3.8) is 0 Å². The number of nitrogens with one attached hydrogen (secondary N) is 2. The molecule has 0 heterocycles. The summed E-state index contributed by atoms with van der Waals surface area (Å²) in [6.07, 6.45) is 5.12.